The van der Waals surface area contributed by atoms with Crippen molar-refractivity contribution in [3.63, 3.8) is 0 Å². The molecule has 0 radical (unpaired) electrons. The maximum atomic E-state index is 11.6. The molecule has 0 amide bonds. The molecule has 4 N–H and O–H groups in total. The molecule has 2 rings (SSSR count). The molecule has 0 fully saturated rings. The van der Waals surface area contributed by atoms with E-state index in [2.05, 4.69) is 9.97 Å². The second-order valence-corrected chi connectivity index (χ2v) is 3.52. The lowest BCUT2D eigenvalue weighted by atomic mass is 10.1. The van der Waals surface area contributed by atoms with Crippen molar-refractivity contribution in [1.82, 2.24) is 9.97 Å². The topological polar surface area (TPSA) is 92.0 Å². The van der Waals surface area contributed by atoms with Crippen molar-refractivity contribution in [1.29, 1.82) is 0 Å². The fourth-order valence-electron chi connectivity index (χ4n) is 1.54. The second-order valence-electron chi connectivity index (χ2n) is 3.52. The van der Waals surface area contributed by atoms with Gasteiger partial charge in [-0.2, -0.15) is 4.98 Å². The summed E-state index contributed by atoms with van der Waals surface area (Å²) in [5.74, 6) is -0.453. The summed E-state index contributed by atoms with van der Waals surface area (Å²) >= 11 is 0. The molecule has 0 unspecified atom stereocenters. The summed E-state index contributed by atoms with van der Waals surface area (Å²) in [5.41, 5.74) is 6.61. The van der Waals surface area contributed by atoms with Gasteiger partial charge in [0.05, 0.1) is 0 Å². The highest BCUT2D eigenvalue weighted by Crippen LogP contribution is 2.23. The summed E-state index contributed by atoms with van der Waals surface area (Å²) in [5, 5.41) is 9.61. The number of aromatic nitrogens is 2. The van der Waals surface area contributed by atoms with Crippen LogP contribution >= 0.6 is 0 Å². The van der Waals surface area contributed by atoms with Crippen LogP contribution in [0.5, 0.6) is 5.88 Å². The first-order chi connectivity index (χ1) is 7.58. The molecule has 0 aliphatic carbocycles. The number of rotatable bonds is 1. The summed E-state index contributed by atoms with van der Waals surface area (Å²) < 4.78 is 0. The van der Waals surface area contributed by atoms with Gasteiger partial charge in [0, 0.05) is 0 Å². The van der Waals surface area contributed by atoms with Crippen LogP contribution in [0.2, 0.25) is 0 Å². The zero-order valence-corrected chi connectivity index (χ0v) is 8.69. The highest BCUT2D eigenvalue weighted by molar-refractivity contribution is 5.68. The molecule has 5 nitrogen and oxygen atoms in total. The molecule has 1 heterocycles. The van der Waals surface area contributed by atoms with E-state index in [9.17, 15) is 9.90 Å². The van der Waals surface area contributed by atoms with Crippen LogP contribution in [0, 0.1) is 6.92 Å². The average molecular weight is 217 g/mol. The van der Waals surface area contributed by atoms with E-state index in [4.69, 9.17) is 5.73 Å². The summed E-state index contributed by atoms with van der Waals surface area (Å²) in [6.07, 6.45) is 0. The van der Waals surface area contributed by atoms with Crippen molar-refractivity contribution < 1.29 is 5.11 Å². The molecule has 1 aromatic heterocycles. The number of nitrogens with zero attached hydrogens (tertiary/aromatic N) is 1. The van der Waals surface area contributed by atoms with E-state index in [0.29, 0.717) is 5.56 Å². The Bertz CT molecular complexity index is 590. The number of aromatic hydroxyl groups is 1. The molecule has 5 heteroatoms. The Morgan fingerprint density at radius 3 is 2.81 bits per heavy atom. The highest BCUT2D eigenvalue weighted by Gasteiger charge is 2.11. The number of hydrogen-bond acceptors (Lipinski definition) is 4. The van der Waals surface area contributed by atoms with E-state index in [0.717, 1.165) is 5.56 Å². The highest BCUT2D eigenvalue weighted by atomic mass is 16.3. The van der Waals surface area contributed by atoms with Gasteiger partial charge in [0.15, 0.2) is 0 Å². The van der Waals surface area contributed by atoms with Crippen LogP contribution in [-0.2, 0) is 0 Å². The summed E-state index contributed by atoms with van der Waals surface area (Å²) in [4.78, 5) is 17.6. The van der Waals surface area contributed by atoms with E-state index in [1.54, 1.807) is 18.2 Å². The zero-order chi connectivity index (χ0) is 11.7. The molecule has 82 valence electrons. The molecule has 0 saturated heterocycles. The Labute approximate surface area is 91.6 Å². The minimum absolute atomic E-state index is 0.0982. The Balaban J connectivity index is 2.70. The van der Waals surface area contributed by atoms with E-state index >= 15 is 0 Å². The van der Waals surface area contributed by atoms with Crippen molar-refractivity contribution in [2.75, 3.05) is 5.73 Å². The number of H-pyrrole nitrogens is 1. The Hall–Kier alpha value is -2.30. The third kappa shape index (κ3) is 1.75. The summed E-state index contributed by atoms with van der Waals surface area (Å²) in [6, 6.07) is 7.23. The van der Waals surface area contributed by atoms with Crippen molar-refractivity contribution in [3.8, 4) is 17.0 Å². The fraction of sp³-hybridized carbons (Fsp3) is 0.0909. The maximum Gasteiger partial charge on any atom is 0.264 e. The smallest absolute Gasteiger partial charge is 0.264 e. The van der Waals surface area contributed by atoms with E-state index in [1.165, 1.54) is 0 Å². The van der Waals surface area contributed by atoms with E-state index in [1.807, 2.05) is 13.0 Å². The van der Waals surface area contributed by atoms with Crippen LogP contribution < -0.4 is 11.3 Å². The molecule has 2 aromatic rings. The predicted octanol–water partition coefficient (Wildman–Crippen LogP) is 1.03. The van der Waals surface area contributed by atoms with Crippen LogP contribution in [0.4, 0.5) is 5.95 Å². The molecule has 16 heavy (non-hydrogen) atoms. The molecule has 1 aromatic carbocycles. The van der Waals surface area contributed by atoms with Gasteiger partial charge in [0.1, 0.15) is 5.56 Å². The molecular weight excluding hydrogens is 206 g/mol. The van der Waals surface area contributed by atoms with Gasteiger partial charge in [0.2, 0.25) is 11.8 Å². The first-order valence-electron chi connectivity index (χ1n) is 4.73. The molecular formula is C11H11N3O2. The van der Waals surface area contributed by atoms with Gasteiger partial charge < -0.3 is 10.8 Å². The monoisotopic (exact) mass is 217 g/mol. The molecule has 0 saturated carbocycles. The lowest BCUT2D eigenvalue weighted by Gasteiger charge is -2.04. The van der Waals surface area contributed by atoms with Crippen LogP contribution in [0.15, 0.2) is 29.1 Å². The van der Waals surface area contributed by atoms with Crippen LogP contribution in [-0.4, -0.2) is 15.1 Å². The predicted molar refractivity (Wildman–Crippen MR) is 61.1 cm³/mol. The summed E-state index contributed by atoms with van der Waals surface area (Å²) in [6.45, 7) is 1.90. The number of nitrogens with one attached hydrogen (secondary N) is 1. The van der Waals surface area contributed by atoms with E-state index < -0.39 is 5.56 Å². The van der Waals surface area contributed by atoms with Gasteiger partial charge >= 0.3 is 0 Å². The fourth-order valence-corrected chi connectivity index (χ4v) is 1.54. The third-order valence-electron chi connectivity index (χ3n) is 2.23. The number of hydrogen-bond donors (Lipinski definition) is 3. The standard InChI is InChI=1S/C11H11N3O2/c1-6-3-2-4-7(5-6)8-9(15)13-11(12)14-10(8)16/h2-5H,1H3,(H4,12,13,14,15,16). The number of aromatic amines is 1. The van der Waals surface area contributed by atoms with Gasteiger partial charge in [-0.05, 0) is 12.5 Å². The molecule has 0 aliphatic heterocycles. The third-order valence-corrected chi connectivity index (χ3v) is 2.23. The molecule has 0 atom stereocenters. The van der Waals surface area contributed by atoms with Crippen LogP contribution in [0.1, 0.15) is 5.56 Å². The van der Waals surface area contributed by atoms with Gasteiger partial charge in [-0.1, -0.05) is 29.8 Å². The SMILES string of the molecule is Cc1cccc(-c2c(O)nc(N)[nH]c2=O)c1. The Morgan fingerprint density at radius 1 is 1.44 bits per heavy atom. The number of nitrogen functional groups attached to an aromatic ring is 1. The number of benzene rings is 1. The lowest BCUT2D eigenvalue weighted by Crippen LogP contribution is -2.13. The van der Waals surface area contributed by atoms with Crippen LogP contribution in [0.25, 0.3) is 11.1 Å². The average Bonchev–Trinajstić information content (AvgIpc) is 2.15. The first kappa shape index (κ1) is 10.2. The Morgan fingerprint density at radius 2 is 2.19 bits per heavy atom. The minimum Gasteiger partial charge on any atom is -0.493 e. The van der Waals surface area contributed by atoms with Gasteiger partial charge in [-0.15, -0.1) is 0 Å². The van der Waals surface area contributed by atoms with Crippen molar-refractivity contribution in [2.24, 2.45) is 0 Å². The zero-order valence-electron chi connectivity index (χ0n) is 8.69. The molecule has 0 spiro atoms. The normalized spacial score (nSPS) is 10.3. The van der Waals surface area contributed by atoms with Gasteiger partial charge in [-0.3, -0.25) is 9.78 Å². The summed E-state index contributed by atoms with van der Waals surface area (Å²) in [7, 11) is 0. The van der Waals surface area contributed by atoms with Crippen molar-refractivity contribution >= 4 is 5.95 Å². The molecule has 0 aliphatic rings. The van der Waals surface area contributed by atoms with Crippen LogP contribution in [0.3, 0.4) is 0 Å². The van der Waals surface area contributed by atoms with E-state index in [-0.39, 0.29) is 17.4 Å². The Kier molecular flexibility index (Phi) is 2.36. The maximum absolute atomic E-state index is 11.6. The minimum atomic E-state index is -0.449. The van der Waals surface area contributed by atoms with Gasteiger partial charge in [-0.25, -0.2) is 0 Å². The first-order valence-corrected chi connectivity index (χ1v) is 4.73. The number of aryl methyl sites for hydroxylation is 1. The van der Waals surface area contributed by atoms with Gasteiger partial charge in [0.25, 0.3) is 5.56 Å². The largest absolute Gasteiger partial charge is 0.493 e. The lowest BCUT2D eigenvalue weighted by molar-refractivity contribution is 0.454. The quantitative estimate of drug-likeness (QED) is 0.665. The number of anilines is 1. The second kappa shape index (κ2) is 3.69. The van der Waals surface area contributed by atoms with Crippen molar-refractivity contribution in [3.05, 3.63) is 40.2 Å². The van der Waals surface area contributed by atoms with Crippen molar-refractivity contribution in [2.45, 2.75) is 6.92 Å². The molecule has 0 bridgehead atoms. The number of nitrogens with two attached hydrogens (primary N) is 1.